The molecule has 2 spiro atoms. The molecule has 5 aliphatic rings. The van der Waals surface area contributed by atoms with E-state index in [1.165, 1.54) is 12.5 Å². The summed E-state index contributed by atoms with van der Waals surface area (Å²) in [6, 6.07) is 0. The number of esters is 1. The Morgan fingerprint density at radius 2 is 2.00 bits per heavy atom. The molecular weight excluding hydrogens is 304 g/mol. The van der Waals surface area contributed by atoms with Gasteiger partial charge in [0.05, 0.1) is 0 Å². The van der Waals surface area contributed by atoms with E-state index in [2.05, 4.69) is 6.92 Å². The molecule has 0 bridgehead atoms. The summed E-state index contributed by atoms with van der Waals surface area (Å²) in [7, 11) is 0. The lowest BCUT2D eigenvalue weighted by Crippen LogP contribution is -2.53. The zero-order chi connectivity index (χ0) is 16.7. The highest BCUT2D eigenvalue weighted by Crippen LogP contribution is 2.74. The number of hydrogen-bond donors (Lipinski definition) is 0. The van der Waals surface area contributed by atoms with Crippen molar-refractivity contribution in [3.05, 3.63) is 11.6 Å². The molecule has 4 nitrogen and oxygen atoms in total. The number of fused-ring (bicyclic) bond motifs is 2. The molecule has 0 radical (unpaired) electrons. The van der Waals surface area contributed by atoms with Gasteiger partial charge in [-0.25, -0.2) is 0 Å². The van der Waals surface area contributed by atoms with Gasteiger partial charge in [-0.05, 0) is 68.4 Å². The third-order valence-electron chi connectivity index (χ3n) is 8.05. The minimum absolute atomic E-state index is 0.0208. The molecule has 24 heavy (non-hydrogen) atoms. The van der Waals surface area contributed by atoms with E-state index >= 15 is 0 Å². The summed E-state index contributed by atoms with van der Waals surface area (Å²) >= 11 is 0. The summed E-state index contributed by atoms with van der Waals surface area (Å²) < 4.78 is 12.2. The summed E-state index contributed by atoms with van der Waals surface area (Å²) in [5.74, 6) is 1.26. The van der Waals surface area contributed by atoms with Gasteiger partial charge in [-0.1, -0.05) is 6.92 Å². The number of rotatable bonds is 1. The second kappa shape index (κ2) is 4.51. The molecular formula is C20H26O4. The lowest BCUT2D eigenvalue weighted by Gasteiger charge is -2.50. The summed E-state index contributed by atoms with van der Waals surface area (Å²) in [5, 5.41) is 0. The van der Waals surface area contributed by atoms with Gasteiger partial charge < -0.3 is 9.47 Å². The maximum absolute atomic E-state index is 11.8. The van der Waals surface area contributed by atoms with Crippen molar-refractivity contribution in [2.75, 3.05) is 0 Å². The second-order valence-corrected chi connectivity index (χ2v) is 8.89. The second-order valence-electron chi connectivity index (χ2n) is 8.89. The van der Waals surface area contributed by atoms with Gasteiger partial charge in [-0.2, -0.15) is 0 Å². The number of ketones is 1. The number of carbonyl (C=O) groups is 2. The van der Waals surface area contributed by atoms with Crippen LogP contribution in [0.4, 0.5) is 0 Å². The normalized spacial score (nSPS) is 51.7. The van der Waals surface area contributed by atoms with Gasteiger partial charge in [0, 0.05) is 18.8 Å². The summed E-state index contributed by atoms with van der Waals surface area (Å²) in [4.78, 5) is 23.3. The Hall–Kier alpha value is -1.16. The first-order valence-electron chi connectivity index (χ1n) is 9.53. The highest BCUT2D eigenvalue weighted by molar-refractivity contribution is 5.92. The Kier molecular flexibility index (Phi) is 2.84. The van der Waals surface area contributed by atoms with Crippen molar-refractivity contribution in [1.29, 1.82) is 0 Å². The van der Waals surface area contributed by atoms with Gasteiger partial charge in [0.2, 0.25) is 0 Å². The maximum atomic E-state index is 11.8. The molecule has 3 saturated carbocycles. The minimum atomic E-state index is -0.152. The maximum Gasteiger partial charge on any atom is 0.302 e. The van der Waals surface area contributed by atoms with Gasteiger partial charge in [-0.15, -0.1) is 0 Å². The van der Waals surface area contributed by atoms with E-state index in [0.29, 0.717) is 18.3 Å². The lowest BCUT2D eigenvalue weighted by atomic mass is 9.52. The summed E-state index contributed by atoms with van der Waals surface area (Å²) in [5.41, 5.74) is 1.23. The van der Waals surface area contributed by atoms with Crippen LogP contribution in [0, 0.1) is 17.3 Å². The first-order valence-corrected chi connectivity index (χ1v) is 9.53. The number of epoxide rings is 1. The molecule has 4 fully saturated rings. The Bertz CT molecular complexity index is 667. The fourth-order valence-corrected chi connectivity index (χ4v) is 6.97. The van der Waals surface area contributed by atoms with Gasteiger partial charge in [-0.3, -0.25) is 9.59 Å². The molecule has 0 N–H and O–H groups in total. The van der Waals surface area contributed by atoms with E-state index in [0.717, 1.165) is 44.9 Å². The predicted molar refractivity (Wildman–Crippen MR) is 87.2 cm³/mol. The molecule has 0 aromatic carbocycles. The van der Waals surface area contributed by atoms with Gasteiger partial charge in [0.15, 0.2) is 5.78 Å². The van der Waals surface area contributed by atoms with Crippen molar-refractivity contribution >= 4 is 11.8 Å². The molecule has 0 unspecified atom stereocenters. The zero-order valence-electron chi connectivity index (χ0n) is 14.6. The van der Waals surface area contributed by atoms with Crippen LogP contribution in [0.1, 0.15) is 65.2 Å². The van der Waals surface area contributed by atoms with E-state index in [-0.39, 0.29) is 34.5 Å². The standard InChI is InChI=1S/C20H26O4/c1-12(21)23-17-6-5-15-16-4-3-13-11-14(22)7-8-19(13)20(16,24-19)10-9-18(15,17)2/h11,15-17H,3-10H2,1-2H3/t15-,16-,17-,18-,19+,20-/m1/s1. The van der Waals surface area contributed by atoms with Crippen LogP contribution in [-0.4, -0.2) is 29.1 Å². The van der Waals surface area contributed by atoms with Crippen LogP contribution in [0.2, 0.25) is 0 Å². The molecule has 0 aromatic heterocycles. The molecule has 1 saturated heterocycles. The lowest BCUT2D eigenvalue weighted by molar-refractivity contribution is -0.155. The van der Waals surface area contributed by atoms with Crippen LogP contribution in [0.3, 0.4) is 0 Å². The molecule has 6 atom stereocenters. The average molecular weight is 330 g/mol. The molecule has 0 aromatic rings. The molecule has 130 valence electrons. The fraction of sp³-hybridized carbons (Fsp3) is 0.800. The third-order valence-corrected chi connectivity index (χ3v) is 8.05. The van der Waals surface area contributed by atoms with Crippen molar-refractivity contribution in [2.45, 2.75) is 82.5 Å². The molecule has 1 heterocycles. The van der Waals surface area contributed by atoms with Crippen LogP contribution < -0.4 is 0 Å². The summed E-state index contributed by atoms with van der Waals surface area (Å²) in [6.07, 6.45) is 9.83. The van der Waals surface area contributed by atoms with Crippen molar-refractivity contribution in [3.8, 4) is 0 Å². The average Bonchev–Trinajstić information content (AvgIpc) is 3.10. The monoisotopic (exact) mass is 330 g/mol. The third kappa shape index (κ3) is 1.63. The first-order chi connectivity index (χ1) is 11.4. The first kappa shape index (κ1) is 15.1. The van der Waals surface area contributed by atoms with E-state index in [1.54, 1.807) is 0 Å². The van der Waals surface area contributed by atoms with E-state index in [4.69, 9.17) is 9.47 Å². The molecule has 4 heteroatoms. The molecule has 5 rings (SSSR count). The Labute approximate surface area is 143 Å². The zero-order valence-corrected chi connectivity index (χ0v) is 14.6. The van der Waals surface area contributed by atoms with Crippen molar-refractivity contribution < 1.29 is 19.1 Å². The number of hydrogen-bond acceptors (Lipinski definition) is 4. The van der Waals surface area contributed by atoms with E-state index < -0.39 is 0 Å². The number of ether oxygens (including phenoxy) is 2. The largest absolute Gasteiger partial charge is 0.462 e. The highest BCUT2D eigenvalue weighted by atomic mass is 16.6. The topological polar surface area (TPSA) is 55.9 Å². The van der Waals surface area contributed by atoms with Crippen LogP contribution >= 0.6 is 0 Å². The van der Waals surface area contributed by atoms with Crippen LogP contribution in [-0.2, 0) is 19.1 Å². The Morgan fingerprint density at radius 3 is 2.79 bits per heavy atom. The number of carbonyl (C=O) groups excluding carboxylic acids is 2. The van der Waals surface area contributed by atoms with Gasteiger partial charge in [0.25, 0.3) is 0 Å². The van der Waals surface area contributed by atoms with Crippen molar-refractivity contribution in [3.63, 3.8) is 0 Å². The van der Waals surface area contributed by atoms with Crippen LogP contribution in [0.5, 0.6) is 0 Å². The highest BCUT2D eigenvalue weighted by Gasteiger charge is 2.79. The molecule has 0 amide bonds. The van der Waals surface area contributed by atoms with Crippen LogP contribution in [0.15, 0.2) is 11.6 Å². The smallest absolute Gasteiger partial charge is 0.302 e. The predicted octanol–water partition coefficient (Wildman–Crippen LogP) is 3.34. The minimum Gasteiger partial charge on any atom is -0.462 e. The van der Waals surface area contributed by atoms with Crippen LogP contribution in [0.25, 0.3) is 0 Å². The van der Waals surface area contributed by atoms with Gasteiger partial charge in [0.1, 0.15) is 17.3 Å². The Morgan fingerprint density at radius 1 is 1.17 bits per heavy atom. The van der Waals surface area contributed by atoms with Crippen molar-refractivity contribution in [2.24, 2.45) is 17.3 Å². The van der Waals surface area contributed by atoms with E-state index in [1.807, 2.05) is 6.08 Å². The SMILES string of the molecule is CC(=O)O[C@@H]1CC[C@@H]2[C@H]3CCC4=CC(=O)CC[C@]45O[C@]35CC[C@]21C. The Balaban J connectivity index is 1.48. The quantitative estimate of drug-likeness (QED) is 0.546. The molecule has 1 aliphatic heterocycles. The fourth-order valence-electron chi connectivity index (χ4n) is 6.97. The van der Waals surface area contributed by atoms with Gasteiger partial charge >= 0.3 is 5.97 Å². The summed E-state index contributed by atoms with van der Waals surface area (Å²) in [6.45, 7) is 3.85. The van der Waals surface area contributed by atoms with Crippen molar-refractivity contribution in [1.82, 2.24) is 0 Å². The molecule has 4 aliphatic carbocycles. The van der Waals surface area contributed by atoms with E-state index in [9.17, 15) is 9.59 Å².